The van der Waals surface area contributed by atoms with Gasteiger partial charge in [-0.1, -0.05) is 25.0 Å². The average Bonchev–Trinajstić information content (AvgIpc) is 3.17. The number of benzene rings is 1. The molecular weight excluding hydrogens is 340 g/mol. The molecule has 2 aliphatic rings. The Hall–Kier alpha value is -1.59. The lowest BCUT2D eigenvalue weighted by atomic mass is 9.78. The van der Waals surface area contributed by atoms with E-state index in [0.29, 0.717) is 25.6 Å². The molecule has 1 aliphatic carbocycles. The number of carbonyl (C=O) groups excluding carboxylic acids is 1. The van der Waals surface area contributed by atoms with E-state index in [9.17, 15) is 4.79 Å². The van der Waals surface area contributed by atoms with Crippen molar-refractivity contribution in [2.24, 2.45) is 0 Å². The van der Waals surface area contributed by atoms with Crippen molar-refractivity contribution in [2.45, 2.75) is 63.5 Å². The van der Waals surface area contributed by atoms with Gasteiger partial charge in [0.1, 0.15) is 5.75 Å². The molecule has 1 N–H and O–H groups in total. The van der Waals surface area contributed by atoms with Crippen molar-refractivity contribution < 1.29 is 14.3 Å². The van der Waals surface area contributed by atoms with Crippen molar-refractivity contribution in [3.63, 3.8) is 0 Å². The molecule has 0 unspecified atom stereocenters. The zero-order valence-corrected chi connectivity index (χ0v) is 17.0. The zero-order chi connectivity index (χ0) is 19.3. The van der Waals surface area contributed by atoms with E-state index in [1.165, 1.54) is 18.4 Å². The fourth-order valence-electron chi connectivity index (χ4n) is 4.45. The Morgan fingerprint density at radius 3 is 2.63 bits per heavy atom. The standard InChI is InChI=1S/C22H34N2O3/c1-17(2)24-12-13-27-20(15-24)14-21(25)23-16-22(10-4-5-11-22)18-6-8-19(26-3)9-7-18/h6-9,17,20H,4-5,10-16H2,1-3H3,(H,23,25)/t20-/m0/s1. The SMILES string of the molecule is COc1ccc(C2(CNC(=O)C[C@H]3CN(C(C)C)CCO3)CCCC2)cc1. The minimum atomic E-state index is 0.00154. The second-order valence-corrected chi connectivity index (χ2v) is 8.28. The number of methoxy groups -OCH3 is 1. The van der Waals surface area contributed by atoms with Crippen LogP contribution in [-0.4, -0.2) is 56.3 Å². The summed E-state index contributed by atoms with van der Waals surface area (Å²) in [5.41, 5.74) is 1.36. The Balaban J connectivity index is 1.56. The zero-order valence-electron chi connectivity index (χ0n) is 17.0. The van der Waals surface area contributed by atoms with Crippen LogP contribution in [0.2, 0.25) is 0 Å². The second-order valence-electron chi connectivity index (χ2n) is 8.28. The third kappa shape index (κ3) is 5.02. The van der Waals surface area contributed by atoms with Crippen LogP contribution in [0.4, 0.5) is 0 Å². The third-order valence-electron chi connectivity index (χ3n) is 6.20. The highest BCUT2D eigenvalue weighted by molar-refractivity contribution is 5.76. The molecule has 1 heterocycles. The number of ether oxygens (including phenoxy) is 2. The predicted octanol–water partition coefficient (Wildman–Crippen LogP) is 3.12. The Morgan fingerprint density at radius 2 is 2.00 bits per heavy atom. The molecule has 5 heteroatoms. The molecule has 1 saturated heterocycles. The van der Waals surface area contributed by atoms with E-state index in [0.717, 1.165) is 31.7 Å². The molecule has 5 nitrogen and oxygen atoms in total. The Labute approximate surface area is 163 Å². The van der Waals surface area contributed by atoms with Gasteiger partial charge in [-0.2, -0.15) is 0 Å². The monoisotopic (exact) mass is 374 g/mol. The lowest BCUT2D eigenvalue weighted by Crippen LogP contribution is -2.48. The first-order valence-electron chi connectivity index (χ1n) is 10.3. The van der Waals surface area contributed by atoms with Crippen LogP contribution in [0.15, 0.2) is 24.3 Å². The number of hydrogen-bond donors (Lipinski definition) is 1. The van der Waals surface area contributed by atoms with Gasteiger partial charge in [-0.05, 0) is 44.4 Å². The Morgan fingerprint density at radius 1 is 1.30 bits per heavy atom. The summed E-state index contributed by atoms with van der Waals surface area (Å²) in [6.07, 6.45) is 5.14. The van der Waals surface area contributed by atoms with Crippen molar-refractivity contribution in [1.82, 2.24) is 10.2 Å². The maximum atomic E-state index is 12.6. The summed E-state index contributed by atoms with van der Waals surface area (Å²) >= 11 is 0. The molecule has 0 aromatic heterocycles. The Bertz CT molecular complexity index is 608. The lowest BCUT2D eigenvalue weighted by Gasteiger charge is -2.35. The predicted molar refractivity (Wildman–Crippen MR) is 107 cm³/mol. The highest BCUT2D eigenvalue weighted by Crippen LogP contribution is 2.41. The van der Waals surface area contributed by atoms with Crippen LogP contribution in [0.1, 0.15) is 51.5 Å². The molecule has 1 saturated carbocycles. The normalized spacial score (nSPS) is 22.7. The summed E-state index contributed by atoms with van der Waals surface area (Å²) in [5.74, 6) is 0.977. The molecule has 0 bridgehead atoms. The van der Waals surface area contributed by atoms with Crippen LogP contribution in [0.3, 0.4) is 0 Å². The van der Waals surface area contributed by atoms with Gasteiger partial charge in [0.05, 0.1) is 26.2 Å². The Kier molecular flexibility index (Phi) is 6.77. The summed E-state index contributed by atoms with van der Waals surface area (Å²) < 4.78 is 11.1. The van der Waals surface area contributed by atoms with Gasteiger partial charge in [0.25, 0.3) is 0 Å². The number of morpholine rings is 1. The van der Waals surface area contributed by atoms with Gasteiger partial charge in [0, 0.05) is 31.1 Å². The first kappa shape index (κ1) is 20.2. The first-order valence-corrected chi connectivity index (χ1v) is 10.3. The number of amides is 1. The molecule has 1 amide bonds. The molecule has 1 aromatic carbocycles. The quantitative estimate of drug-likeness (QED) is 0.797. The van der Waals surface area contributed by atoms with Gasteiger partial charge in [0.2, 0.25) is 5.91 Å². The van der Waals surface area contributed by atoms with Crippen molar-refractivity contribution in [2.75, 3.05) is 33.4 Å². The largest absolute Gasteiger partial charge is 0.497 e. The molecule has 1 atom stereocenters. The van der Waals surface area contributed by atoms with Gasteiger partial charge < -0.3 is 14.8 Å². The molecule has 0 spiro atoms. The molecule has 1 aliphatic heterocycles. The molecule has 1 aromatic rings. The highest BCUT2D eigenvalue weighted by atomic mass is 16.5. The first-order chi connectivity index (χ1) is 13.0. The summed E-state index contributed by atoms with van der Waals surface area (Å²) in [7, 11) is 1.69. The van der Waals surface area contributed by atoms with Gasteiger partial charge >= 0.3 is 0 Å². The topological polar surface area (TPSA) is 50.8 Å². The van der Waals surface area contributed by atoms with Gasteiger partial charge in [-0.3, -0.25) is 9.69 Å². The highest BCUT2D eigenvalue weighted by Gasteiger charge is 2.36. The van der Waals surface area contributed by atoms with Crippen LogP contribution >= 0.6 is 0 Å². The number of carbonyl (C=O) groups is 1. The molecule has 27 heavy (non-hydrogen) atoms. The van der Waals surface area contributed by atoms with Gasteiger partial charge in [0.15, 0.2) is 0 Å². The minimum Gasteiger partial charge on any atom is -0.497 e. The van der Waals surface area contributed by atoms with E-state index >= 15 is 0 Å². The smallest absolute Gasteiger partial charge is 0.222 e. The number of hydrogen-bond acceptors (Lipinski definition) is 4. The summed E-state index contributed by atoms with van der Waals surface area (Å²) in [4.78, 5) is 15.0. The van der Waals surface area contributed by atoms with Gasteiger partial charge in [-0.15, -0.1) is 0 Å². The molecule has 150 valence electrons. The molecule has 0 radical (unpaired) electrons. The fourth-order valence-corrected chi connectivity index (χ4v) is 4.45. The third-order valence-corrected chi connectivity index (χ3v) is 6.20. The maximum Gasteiger partial charge on any atom is 0.222 e. The summed E-state index contributed by atoms with van der Waals surface area (Å²) in [6.45, 7) is 7.61. The minimum absolute atomic E-state index is 0.00154. The summed E-state index contributed by atoms with van der Waals surface area (Å²) in [6, 6.07) is 8.85. The van der Waals surface area contributed by atoms with Crippen molar-refractivity contribution in [3.8, 4) is 5.75 Å². The van der Waals surface area contributed by atoms with E-state index in [4.69, 9.17) is 9.47 Å². The second kappa shape index (κ2) is 9.07. The van der Waals surface area contributed by atoms with Crippen molar-refractivity contribution in [1.29, 1.82) is 0 Å². The van der Waals surface area contributed by atoms with Gasteiger partial charge in [-0.25, -0.2) is 0 Å². The van der Waals surface area contributed by atoms with E-state index < -0.39 is 0 Å². The van der Waals surface area contributed by atoms with Crippen LogP contribution in [0, 0.1) is 0 Å². The average molecular weight is 375 g/mol. The van der Waals surface area contributed by atoms with E-state index in [1.54, 1.807) is 7.11 Å². The number of nitrogens with zero attached hydrogens (tertiary/aromatic N) is 1. The molecular formula is C22H34N2O3. The van der Waals surface area contributed by atoms with Crippen molar-refractivity contribution >= 4 is 5.91 Å². The lowest BCUT2D eigenvalue weighted by molar-refractivity contribution is -0.126. The van der Waals surface area contributed by atoms with Crippen molar-refractivity contribution in [3.05, 3.63) is 29.8 Å². The maximum absolute atomic E-state index is 12.6. The van der Waals surface area contributed by atoms with E-state index in [2.05, 4.69) is 36.2 Å². The van der Waals surface area contributed by atoms with E-state index in [1.807, 2.05) is 12.1 Å². The molecule has 2 fully saturated rings. The number of rotatable bonds is 7. The van der Waals surface area contributed by atoms with E-state index in [-0.39, 0.29) is 17.4 Å². The van der Waals surface area contributed by atoms with Crippen LogP contribution in [-0.2, 0) is 14.9 Å². The van der Waals surface area contributed by atoms with Crippen LogP contribution in [0.5, 0.6) is 5.75 Å². The fraction of sp³-hybridized carbons (Fsp3) is 0.682. The molecule has 3 rings (SSSR count). The van der Waals surface area contributed by atoms with Crippen LogP contribution in [0.25, 0.3) is 0 Å². The van der Waals surface area contributed by atoms with Crippen LogP contribution < -0.4 is 10.1 Å². The summed E-state index contributed by atoms with van der Waals surface area (Å²) in [5, 5.41) is 3.22. The number of nitrogens with one attached hydrogen (secondary N) is 1.